The van der Waals surface area contributed by atoms with E-state index < -0.39 is 6.17 Å². The molecular formula is C9H15FN2O. The number of nitrogens with one attached hydrogen (secondary N) is 1. The van der Waals surface area contributed by atoms with E-state index in [1.165, 1.54) is 0 Å². The fourth-order valence-corrected chi connectivity index (χ4v) is 2.22. The van der Waals surface area contributed by atoms with Crippen LogP contribution in [-0.2, 0) is 0 Å². The first-order valence-electron chi connectivity index (χ1n) is 4.97. The molecule has 0 bridgehead atoms. The van der Waals surface area contributed by atoms with Gasteiger partial charge in [0.05, 0.1) is 6.04 Å². The maximum atomic E-state index is 13.5. The third kappa shape index (κ3) is 1.62. The predicted molar refractivity (Wildman–Crippen MR) is 47.3 cm³/mol. The molecule has 0 radical (unpaired) electrons. The lowest BCUT2D eigenvalue weighted by Crippen LogP contribution is -2.45. The van der Waals surface area contributed by atoms with Gasteiger partial charge in [-0.25, -0.2) is 9.18 Å². The average Bonchev–Trinajstić information content (AvgIpc) is 2.52. The van der Waals surface area contributed by atoms with Crippen LogP contribution in [0.4, 0.5) is 9.18 Å². The molecule has 74 valence electrons. The molecule has 1 heterocycles. The average molecular weight is 186 g/mol. The number of carbonyl (C=O) groups is 1. The lowest BCUT2D eigenvalue weighted by Gasteiger charge is -2.32. The fraction of sp³-hybridized carbons (Fsp3) is 0.889. The molecule has 1 aliphatic carbocycles. The van der Waals surface area contributed by atoms with Crippen molar-refractivity contribution >= 4 is 6.03 Å². The molecule has 0 unspecified atom stereocenters. The third-order valence-electron chi connectivity index (χ3n) is 2.94. The van der Waals surface area contributed by atoms with Crippen LogP contribution in [0.2, 0.25) is 0 Å². The molecule has 2 amide bonds. The highest BCUT2D eigenvalue weighted by Gasteiger charge is 2.34. The zero-order valence-corrected chi connectivity index (χ0v) is 7.63. The Balaban J connectivity index is 2.01. The maximum absolute atomic E-state index is 13.5. The van der Waals surface area contributed by atoms with Crippen molar-refractivity contribution in [2.45, 2.75) is 37.9 Å². The summed E-state index contributed by atoms with van der Waals surface area (Å²) in [7, 11) is 0. The molecule has 2 atom stereocenters. The van der Waals surface area contributed by atoms with E-state index >= 15 is 0 Å². The van der Waals surface area contributed by atoms with E-state index in [2.05, 4.69) is 5.32 Å². The van der Waals surface area contributed by atoms with Crippen molar-refractivity contribution in [2.75, 3.05) is 13.1 Å². The van der Waals surface area contributed by atoms with Gasteiger partial charge < -0.3 is 10.2 Å². The fourth-order valence-electron chi connectivity index (χ4n) is 2.22. The Bertz CT molecular complexity index is 210. The zero-order valence-electron chi connectivity index (χ0n) is 7.63. The summed E-state index contributed by atoms with van der Waals surface area (Å²) in [6.45, 7) is 1.34. The van der Waals surface area contributed by atoms with Gasteiger partial charge in [-0.15, -0.1) is 0 Å². The summed E-state index contributed by atoms with van der Waals surface area (Å²) in [6.07, 6.45) is 2.66. The number of halogens is 1. The first-order valence-corrected chi connectivity index (χ1v) is 4.97. The number of amides is 2. The van der Waals surface area contributed by atoms with Crippen LogP contribution in [0.1, 0.15) is 25.7 Å². The number of hydrogen-bond acceptors (Lipinski definition) is 1. The van der Waals surface area contributed by atoms with Gasteiger partial charge in [0, 0.05) is 13.1 Å². The lowest BCUT2D eigenvalue weighted by molar-refractivity contribution is 0.109. The summed E-state index contributed by atoms with van der Waals surface area (Å²) in [6, 6.07) is -0.245. The Hall–Kier alpha value is -0.800. The minimum Gasteiger partial charge on any atom is -0.336 e. The van der Waals surface area contributed by atoms with Crippen LogP contribution in [-0.4, -0.2) is 36.2 Å². The van der Waals surface area contributed by atoms with Crippen molar-refractivity contribution in [1.29, 1.82) is 0 Å². The third-order valence-corrected chi connectivity index (χ3v) is 2.94. The van der Waals surface area contributed by atoms with Gasteiger partial charge in [0.15, 0.2) is 0 Å². The van der Waals surface area contributed by atoms with E-state index in [4.69, 9.17) is 0 Å². The topological polar surface area (TPSA) is 32.3 Å². The summed E-state index contributed by atoms with van der Waals surface area (Å²) in [5, 5.41) is 2.71. The second kappa shape index (κ2) is 3.52. The molecule has 1 N–H and O–H groups in total. The van der Waals surface area contributed by atoms with Gasteiger partial charge in [-0.1, -0.05) is 12.8 Å². The van der Waals surface area contributed by atoms with Crippen LogP contribution < -0.4 is 5.32 Å². The molecule has 0 aromatic rings. The molecule has 1 saturated heterocycles. The summed E-state index contributed by atoms with van der Waals surface area (Å²) < 4.78 is 13.5. The molecule has 2 rings (SSSR count). The molecule has 13 heavy (non-hydrogen) atoms. The summed E-state index contributed by atoms with van der Waals surface area (Å²) in [5.74, 6) is 0. The molecule has 0 aromatic carbocycles. The van der Waals surface area contributed by atoms with Gasteiger partial charge in [-0.2, -0.15) is 0 Å². The monoisotopic (exact) mass is 186 g/mol. The Morgan fingerprint density at radius 3 is 2.77 bits per heavy atom. The summed E-state index contributed by atoms with van der Waals surface area (Å²) >= 11 is 0. The van der Waals surface area contributed by atoms with Gasteiger partial charge >= 0.3 is 6.03 Å². The normalized spacial score (nSPS) is 34.8. The van der Waals surface area contributed by atoms with E-state index in [0.717, 1.165) is 19.3 Å². The predicted octanol–water partition coefficient (Wildman–Crippen LogP) is 1.29. The maximum Gasteiger partial charge on any atom is 0.317 e. The Morgan fingerprint density at radius 1 is 1.38 bits per heavy atom. The molecule has 0 spiro atoms. The van der Waals surface area contributed by atoms with E-state index in [0.29, 0.717) is 19.5 Å². The number of alkyl halides is 1. The van der Waals surface area contributed by atoms with Crippen LogP contribution in [0.25, 0.3) is 0 Å². The zero-order chi connectivity index (χ0) is 9.26. The Morgan fingerprint density at radius 2 is 2.15 bits per heavy atom. The van der Waals surface area contributed by atoms with Gasteiger partial charge in [-0.05, 0) is 12.8 Å². The number of nitrogens with zero attached hydrogens (tertiary/aromatic N) is 1. The first kappa shape index (κ1) is 8.78. The molecule has 0 aromatic heterocycles. The van der Waals surface area contributed by atoms with Crippen LogP contribution in [0.5, 0.6) is 0 Å². The van der Waals surface area contributed by atoms with E-state index in [1.807, 2.05) is 0 Å². The highest BCUT2D eigenvalue weighted by atomic mass is 19.1. The molecule has 1 aliphatic heterocycles. The summed E-state index contributed by atoms with van der Waals surface area (Å²) in [4.78, 5) is 12.9. The van der Waals surface area contributed by atoms with Gasteiger partial charge in [0.25, 0.3) is 0 Å². The molecule has 2 fully saturated rings. The molecule has 4 heteroatoms. The van der Waals surface area contributed by atoms with Crippen molar-refractivity contribution in [3.8, 4) is 0 Å². The number of carbonyl (C=O) groups excluding carboxylic acids is 1. The van der Waals surface area contributed by atoms with E-state index in [9.17, 15) is 9.18 Å². The Labute approximate surface area is 77.3 Å². The van der Waals surface area contributed by atoms with Crippen molar-refractivity contribution in [1.82, 2.24) is 10.2 Å². The van der Waals surface area contributed by atoms with Crippen molar-refractivity contribution < 1.29 is 9.18 Å². The minimum atomic E-state index is -0.808. The number of urea groups is 1. The molecular weight excluding hydrogens is 171 g/mol. The molecule has 1 saturated carbocycles. The minimum absolute atomic E-state index is 0.0884. The van der Waals surface area contributed by atoms with Gasteiger partial charge in [-0.3, -0.25) is 0 Å². The lowest BCUT2D eigenvalue weighted by atomic mass is 9.93. The Kier molecular flexibility index (Phi) is 2.38. The second-order valence-corrected chi connectivity index (χ2v) is 3.79. The van der Waals surface area contributed by atoms with Crippen LogP contribution in [0, 0.1) is 0 Å². The number of rotatable bonds is 1. The van der Waals surface area contributed by atoms with Gasteiger partial charge in [0.2, 0.25) is 0 Å². The van der Waals surface area contributed by atoms with Crippen LogP contribution in [0.15, 0.2) is 0 Å². The van der Waals surface area contributed by atoms with Crippen LogP contribution >= 0.6 is 0 Å². The van der Waals surface area contributed by atoms with E-state index in [1.54, 1.807) is 4.90 Å². The second-order valence-electron chi connectivity index (χ2n) is 3.79. The highest BCUT2D eigenvalue weighted by Crippen LogP contribution is 2.26. The molecule has 3 nitrogen and oxygen atoms in total. The van der Waals surface area contributed by atoms with Gasteiger partial charge in [0.1, 0.15) is 6.17 Å². The van der Waals surface area contributed by atoms with E-state index in [-0.39, 0.29) is 12.1 Å². The standard InChI is InChI=1S/C9H15FN2O/c10-7-3-1-2-4-8(7)12-6-5-11-9(12)13/h7-8H,1-6H2,(H,11,13)/t7-,8-/m1/s1. The quantitative estimate of drug-likeness (QED) is 0.657. The number of hydrogen-bond donors (Lipinski definition) is 1. The SMILES string of the molecule is O=C1NCCN1[C@@H]1CCCC[C@H]1F. The first-order chi connectivity index (χ1) is 6.29. The van der Waals surface area contributed by atoms with Crippen LogP contribution in [0.3, 0.4) is 0 Å². The van der Waals surface area contributed by atoms with Crippen molar-refractivity contribution in [3.63, 3.8) is 0 Å². The summed E-state index contributed by atoms with van der Waals surface area (Å²) in [5.41, 5.74) is 0. The van der Waals surface area contributed by atoms with Crippen molar-refractivity contribution in [2.24, 2.45) is 0 Å². The smallest absolute Gasteiger partial charge is 0.317 e. The molecule has 2 aliphatic rings. The van der Waals surface area contributed by atoms with Crippen molar-refractivity contribution in [3.05, 3.63) is 0 Å². The highest BCUT2D eigenvalue weighted by molar-refractivity contribution is 5.76. The largest absolute Gasteiger partial charge is 0.336 e.